The SMILES string of the molecule is CN(Cc1cc(F)ccc1O)c1ccn[nH]1. The molecule has 0 fully saturated rings. The Morgan fingerprint density at radius 2 is 2.25 bits per heavy atom. The molecule has 0 amide bonds. The number of hydrogen-bond donors (Lipinski definition) is 2. The smallest absolute Gasteiger partial charge is 0.123 e. The van der Waals surface area contributed by atoms with Crippen LogP contribution in [0.5, 0.6) is 5.75 Å². The van der Waals surface area contributed by atoms with Gasteiger partial charge in [-0.05, 0) is 18.2 Å². The zero-order chi connectivity index (χ0) is 11.5. The third-order valence-electron chi connectivity index (χ3n) is 2.35. The Morgan fingerprint density at radius 1 is 1.44 bits per heavy atom. The normalized spacial score (nSPS) is 10.4. The Labute approximate surface area is 92.3 Å². The molecule has 0 radical (unpaired) electrons. The van der Waals surface area contributed by atoms with Crippen molar-refractivity contribution in [3.8, 4) is 5.75 Å². The van der Waals surface area contributed by atoms with Crippen molar-refractivity contribution in [2.75, 3.05) is 11.9 Å². The largest absolute Gasteiger partial charge is 0.508 e. The molecule has 2 N–H and O–H groups in total. The lowest BCUT2D eigenvalue weighted by atomic mass is 10.2. The molecule has 84 valence electrons. The summed E-state index contributed by atoms with van der Waals surface area (Å²) in [5, 5.41) is 16.2. The van der Waals surface area contributed by atoms with Crippen molar-refractivity contribution in [3.63, 3.8) is 0 Å². The lowest BCUT2D eigenvalue weighted by Gasteiger charge is -2.17. The number of phenolic OH excluding ortho intramolecular Hbond substituents is 1. The van der Waals surface area contributed by atoms with E-state index in [9.17, 15) is 9.50 Å². The fourth-order valence-corrected chi connectivity index (χ4v) is 1.48. The summed E-state index contributed by atoms with van der Waals surface area (Å²) in [7, 11) is 1.83. The number of aromatic hydroxyl groups is 1. The number of nitrogens with zero attached hydrogens (tertiary/aromatic N) is 2. The van der Waals surface area contributed by atoms with Crippen molar-refractivity contribution >= 4 is 5.82 Å². The van der Waals surface area contributed by atoms with E-state index in [4.69, 9.17) is 0 Å². The molecule has 4 nitrogen and oxygen atoms in total. The molecule has 5 heteroatoms. The predicted octanol–water partition coefficient (Wildman–Crippen LogP) is 1.89. The zero-order valence-electron chi connectivity index (χ0n) is 8.81. The highest BCUT2D eigenvalue weighted by Gasteiger charge is 2.07. The maximum absolute atomic E-state index is 13.0. The van der Waals surface area contributed by atoms with Crippen LogP contribution in [0.25, 0.3) is 0 Å². The first kappa shape index (κ1) is 10.5. The van der Waals surface area contributed by atoms with Crippen LogP contribution in [-0.2, 0) is 6.54 Å². The molecule has 0 atom stereocenters. The fraction of sp³-hybridized carbons (Fsp3) is 0.182. The summed E-state index contributed by atoms with van der Waals surface area (Å²) in [4.78, 5) is 1.83. The molecule has 1 aromatic carbocycles. The molecule has 0 aliphatic carbocycles. The molecular formula is C11H12FN3O. The van der Waals surface area contributed by atoms with E-state index in [1.807, 2.05) is 11.9 Å². The Balaban J connectivity index is 2.17. The van der Waals surface area contributed by atoms with Gasteiger partial charge in [-0.25, -0.2) is 4.39 Å². The van der Waals surface area contributed by atoms with Crippen molar-refractivity contribution in [1.29, 1.82) is 0 Å². The number of phenols is 1. The number of aromatic amines is 1. The maximum Gasteiger partial charge on any atom is 0.123 e. The van der Waals surface area contributed by atoms with Gasteiger partial charge in [0.25, 0.3) is 0 Å². The molecule has 1 heterocycles. The second-order valence-electron chi connectivity index (χ2n) is 3.57. The number of benzene rings is 1. The Morgan fingerprint density at radius 3 is 2.94 bits per heavy atom. The molecule has 0 unspecified atom stereocenters. The van der Waals surface area contributed by atoms with Gasteiger partial charge in [-0.2, -0.15) is 5.10 Å². The summed E-state index contributed by atoms with van der Waals surface area (Å²) in [5.41, 5.74) is 0.539. The van der Waals surface area contributed by atoms with Gasteiger partial charge in [0.15, 0.2) is 0 Å². The number of aromatic nitrogens is 2. The van der Waals surface area contributed by atoms with Crippen LogP contribution in [0.2, 0.25) is 0 Å². The predicted molar refractivity (Wildman–Crippen MR) is 58.8 cm³/mol. The van der Waals surface area contributed by atoms with Crippen LogP contribution < -0.4 is 4.90 Å². The van der Waals surface area contributed by atoms with E-state index in [2.05, 4.69) is 10.2 Å². The van der Waals surface area contributed by atoms with E-state index in [0.717, 1.165) is 5.82 Å². The zero-order valence-corrected chi connectivity index (χ0v) is 8.81. The quantitative estimate of drug-likeness (QED) is 0.832. The van der Waals surface area contributed by atoms with Crippen molar-refractivity contribution in [2.45, 2.75) is 6.54 Å². The van der Waals surface area contributed by atoms with Crippen LogP contribution in [0, 0.1) is 5.82 Å². The van der Waals surface area contributed by atoms with E-state index in [1.165, 1.54) is 18.2 Å². The summed E-state index contributed by atoms with van der Waals surface area (Å²) in [6.45, 7) is 0.409. The van der Waals surface area contributed by atoms with Crippen molar-refractivity contribution in [2.24, 2.45) is 0 Å². The summed E-state index contributed by atoms with van der Waals surface area (Å²) in [6, 6.07) is 5.71. The van der Waals surface area contributed by atoms with Crippen LogP contribution in [0.4, 0.5) is 10.2 Å². The van der Waals surface area contributed by atoms with E-state index < -0.39 is 0 Å². The highest BCUT2D eigenvalue weighted by Crippen LogP contribution is 2.21. The van der Waals surface area contributed by atoms with E-state index in [1.54, 1.807) is 12.3 Å². The Bertz CT molecular complexity index is 470. The topological polar surface area (TPSA) is 52.1 Å². The second-order valence-corrected chi connectivity index (χ2v) is 3.57. The fourth-order valence-electron chi connectivity index (χ4n) is 1.48. The highest BCUT2D eigenvalue weighted by atomic mass is 19.1. The molecule has 2 aromatic rings. The number of nitrogens with one attached hydrogen (secondary N) is 1. The van der Waals surface area contributed by atoms with E-state index >= 15 is 0 Å². The Kier molecular flexibility index (Phi) is 2.76. The number of H-pyrrole nitrogens is 1. The molecular weight excluding hydrogens is 209 g/mol. The number of anilines is 1. The van der Waals surface area contributed by atoms with Crippen LogP contribution in [0.15, 0.2) is 30.5 Å². The van der Waals surface area contributed by atoms with Crippen LogP contribution in [-0.4, -0.2) is 22.4 Å². The first-order chi connectivity index (χ1) is 7.66. The van der Waals surface area contributed by atoms with Gasteiger partial charge in [0, 0.05) is 25.2 Å². The lowest BCUT2D eigenvalue weighted by molar-refractivity contribution is 0.465. The summed E-state index contributed by atoms with van der Waals surface area (Å²) < 4.78 is 13.0. The van der Waals surface area contributed by atoms with Gasteiger partial charge < -0.3 is 10.0 Å². The van der Waals surface area contributed by atoms with Crippen LogP contribution >= 0.6 is 0 Å². The molecule has 0 saturated carbocycles. The minimum Gasteiger partial charge on any atom is -0.508 e. The number of hydrogen-bond acceptors (Lipinski definition) is 3. The minimum absolute atomic E-state index is 0.0905. The number of rotatable bonds is 3. The molecule has 0 aliphatic heterocycles. The minimum atomic E-state index is -0.356. The first-order valence-electron chi connectivity index (χ1n) is 4.85. The van der Waals surface area contributed by atoms with E-state index in [0.29, 0.717) is 12.1 Å². The highest BCUT2D eigenvalue weighted by molar-refractivity contribution is 5.40. The average molecular weight is 221 g/mol. The second kappa shape index (κ2) is 4.22. The molecule has 16 heavy (non-hydrogen) atoms. The first-order valence-corrected chi connectivity index (χ1v) is 4.85. The van der Waals surface area contributed by atoms with Gasteiger partial charge in [0.05, 0.1) is 6.20 Å². The molecule has 2 rings (SSSR count). The monoisotopic (exact) mass is 221 g/mol. The molecule has 0 aliphatic rings. The van der Waals surface area contributed by atoms with Gasteiger partial charge in [-0.3, -0.25) is 5.10 Å². The summed E-state index contributed by atoms with van der Waals surface area (Å²) in [6.07, 6.45) is 1.64. The van der Waals surface area contributed by atoms with Gasteiger partial charge >= 0.3 is 0 Å². The standard InChI is InChI=1S/C11H12FN3O/c1-15(11-4-5-13-14-11)7-8-6-9(12)2-3-10(8)16/h2-6,16H,7H2,1H3,(H,13,14). The van der Waals surface area contributed by atoms with E-state index in [-0.39, 0.29) is 11.6 Å². The molecule has 0 saturated heterocycles. The van der Waals surface area contributed by atoms with Gasteiger partial charge in [-0.15, -0.1) is 0 Å². The van der Waals surface area contributed by atoms with Crippen molar-refractivity contribution < 1.29 is 9.50 Å². The van der Waals surface area contributed by atoms with Crippen LogP contribution in [0.1, 0.15) is 5.56 Å². The molecule has 1 aromatic heterocycles. The number of halogens is 1. The van der Waals surface area contributed by atoms with Crippen molar-refractivity contribution in [3.05, 3.63) is 41.8 Å². The lowest BCUT2D eigenvalue weighted by Crippen LogP contribution is -2.16. The van der Waals surface area contributed by atoms with Gasteiger partial charge in [0.1, 0.15) is 17.4 Å². The summed E-state index contributed by atoms with van der Waals surface area (Å²) in [5.74, 6) is 0.544. The van der Waals surface area contributed by atoms with Crippen LogP contribution in [0.3, 0.4) is 0 Å². The van der Waals surface area contributed by atoms with Gasteiger partial charge in [-0.1, -0.05) is 0 Å². The molecule has 0 bridgehead atoms. The average Bonchev–Trinajstić information content (AvgIpc) is 2.76. The third kappa shape index (κ3) is 2.13. The van der Waals surface area contributed by atoms with Gasteiger partial charge in [0.2, 0.25) is 0 Å². The third-order valence-corrected chi connectivity index (χ3v) is 2.35. The molecule has 0 spiro atoms. The van der Waals surface area contributed by atoms with Crippen molar-refractivity contribution in [1.82, 2.24) is 10.2 Å². The maximum atomic E-state index is 13.0. The Hall–Kier alpha value is -2.04. The summed E-state index contributed by atoms with van der Waals surface area (Å²) >= 11 is 0.